The molecule has 0 aromatic rings. The van der Waals surface area contributed by atoms with Crippen LogP contribution in [0.4, 0.5) is 0 Å². The molecular formula is C15H36O7SiZr. The summed E-state index contributed by atoms with van der Waals surface area (Å²) >= 11 is -4.32. The van der Waals surface area contributed by atoms with Gasteiger partial charge in [-0.15, -0.1) is 0 Å². The number of rotatable bonds is 8. The molecule has 0 aliphatic rings. The van der Waals surface area contributed by atoms with Gasteiger partial charge in [0.2, 0.25) is 0 Å². The van der Waals surface area contributed by atoms with Gasteiger partial charge in [0.25, 0.3) is 0 Å². The molecule has 0 fully saturated rings. The Bertz CT molecular complexity index is 332. The van der Waals surface area contributed by atoms with E-state index in [1.54, 1.807) is 0 Å². The van der Waals surface area contributed by atoms with Crippen molar-refractivity contribution < 1.29 is 46.2 Å². The fourth-order valence-electron chi connectivity index (χ4n) is 1.78. The fourth-order valence-corrected chi connectivity index (χ4v) is 11.1. The van der Waals surface area contributed by atoms with Crippen molar-refractivity contribution in [2.75, 3.05) is 21.3 Å². The Morgan fingerprint density at radius 1 is 0.542 bits per heavy atom. The summed E-state index contributed by atoms with van der Waals surface area (Å²) in [6.45, 7) is 17.2. The molecule has 7 nitrogen and oxygen atoms in total. The van der Waals surface area contributed by atoms with Crippen LogP contribution < -0.4 is 0 Å². The Morgan fingerprint density at radius 2 is 0.792 bits per heavy atom. The first-order valence-electron chi connectivity index (χ1n) is 7.97. The van der Waals surface area contributed by atoms with Crippen LogP contribution in [0.3, 0.4) is 0 Å². The van der Waals surface area contributed by atoms with E-state index < -0.39 is 47.9 Å². The molecule has 0 atom stereocenters. The number of hydrogen-bond donors (Lipinski definition) is 0. The first kappa shape index (κ1) is 24.8. The molecule has 0 spiro atoms. The van der Waals surface area contributed by atoms with E-state index in [1.165, 1.54) is 21.3 Å². The minimum atomic E-state index is -4.32. The Kier molecular flexibility index (Phi) is 8.97. The zero-order chi connectivity index (χ0) is 19.4. The van der Waals surface area contributed by atoms with Crippen LogP contribution in [-0.2, 0) is 46.2 Å². The molecule has 0 saturated heterocycles. The van der Waals surface area contributed by atoms with E-state index in [1.807, 2.05) is 62.3 Å². The van der Waals surface area contributed by atoms with Crippen molar-refractivity contribution in [3.8, 4) is 0 Å². The molecule has 0 aromatic heterocycles. The van der Waals surface area contributed by atoms with Gasteiger partial charge in [-0.1, -0.05) is 0 Å². The second-order valence-corrected chi connectivity index (χ2v) is 17.1. The molecule has 9 heteroatoms. The third kappa shape index (κ3) is 9.50. The van der Waals surface area contributed by atoms with Gasteiger partial charge in [0.15, 0.2) is 0 Å². The molecule has 24 heavy (non-hydrogen) atoms. The fraction of sp³-hybridized carbons (Fsp3) is 1.00. The summed E-state index contributed by atoms with van der Waals surface area (Å²) in [5.74, 6) is 0. The van der Waals surface area contributed by atoms with E-state index in [2.05, 4.69) is 0 Å². The summed E-state index contributed by atoms with van der Waals surface area (Å²) in [5, 5.41) is 0. The summed E-state index contributed by atoms with van der Waals surface area (Å²) in [5.41, 5.74) is -1.68. The monoisotopic (exact) mass is 446 g/mol. The zero-order valence-electron chi connectivity index (χ0n) is 17.4. The quantitative estimate of drug-likeness (QED) is 0.526. The van der Waals surface area contributed by atoms with Gasteiger partial charge < -0.3 is 0 Å². The van der Waals surface area contributed by atoms with Gasteiger partial charge >= 0.3 is 156 Å². The van der Waals surface area contributed by atoms with Crippen LogP contribution in [0.1, 0.15) is 62.3 Å². The van der Waals surface area contributed by atoms with Crippen LogP contribution in [0.25, 0.3) is 0 Å². The van der Waals surface area contributed by atoms with Crippen LogP contribution in [-0.4, -0.2) is 47.2 Å². The summed E-state index contributed by atoms with van der Waals surface area (Å²) < 4.78 is 41.3. The topological polar surface area (TPSA) is 64.6 Å². The van der Waals surface area contributed by atoms with Crippen molar-refractivity contribution in [1.82, 2.24) is 0 Å². The van der Waals surface area contributed by atoms with Gasteiger partial charge in [0.05, 0.1) is 0 Å². The normalized spacial score (nSPS) is 15.0. The second-order valence-electron chi connectivity index (χ2n) is 8.36. The molecule has 146 valence electrons. The van der Waals surface area contributed by atoms with E-state index in [0.717, 1.165) is 0 Å². The van der Waals surface area contributed by atoms with Crippen LogP contribution in [0, 0.1) is 0 Å². The van der Waals surface area contributed by atoms with Crippen LogP contribution in [0.5, 0.6) is 0 Å². The van der Waals surface area contributed by atoms with Crippen LogP contribution in [0.15, 0.2) is 0 Å². The van der Waals surface area contributed by atoms with E-state index in [9.17, 15) is 0 Å². The first-order valence-corrected chi connectivity index (χ1v) is 13.6. The van der Waals surface area contributed by atoms with E-state index in [4.69, 9.17) is 24.2 Å². The second kappa shape index (κ2) is 8.67. The van der Waals surface area contributed by atoms with Gasteiger partial charge in [-0.3, -0.25) is 0 Å². The molecule has 0 aromatic carbocycles. The summed E-state index contributed by atoms with van der Waals surface area (Å²) in [6.07, 6.45) is 0. The molecule has 0 amide bonds. The molecule has 0 heterocycles. The minimum absolute atomic E-state index is 0.560. The predicted molar refractivity (Wildman–Crippen MR) is 90.4 cm³/mol. The third-order valence-corrected chi connectivity index (χ3v) is 12.8. The summed E-state index contributed by atoms with van der Waals surface area (Å²) in [6, 6.07) is 0. The molecule has 0 unspecified atom stereocenters. The molecule has 0 N–H and O–H groups in total. The Balaban J connectivity index is 6.04. The molecule has 0 aliphatic carbocycles. The van der Waals surface area contributed by atoms with Gasteiger partial charge in [-0.25, -0.2) is 0 Å². The SMILES string of the molecule is C[O][Zr]([O]C)([O]C)[O][Si](OC(C)(C)C)(OC(C)(C)C)OC(C)(C)C. The molecule has 0 bridgehead atoms. The molecular weight excluding hydrogens is 411 g/mol. The maximum absolute atomic E-state index is 6.22. The Morgan fingerprint density at radius 3 is 0.958 bits per heavy atom. The molecule has 0 aliphatic heterocycles. The summed E-state index contributed by atoms with van der Waals surface area (Å²) in [4.78, 5) is 0. The van der Waals surface area contributed by atoms with Crippen molar-refractivity contribution >= 4 is 9.05 Å². The van der Waals surface area contributed by atoms with Crippen molar-refractivity contribution in [2.24, 2.45) is 0 Å². The standard InChI is InChI=1S/C12H27O4Si.3CH3O.Zr/c1-10(2,3)14-17(13,15-11(4,5)6)16-12(7,8)9;3*1-2;/h1-9H3;3*1H3;/q4*-1;+4. The van der Waals surface area contributed by atoms with Crippen molar-refractivity contribution in [3.63, 3.8) is 0 Å². The molecule has 0 rings (SSSR count). The average Bonchev–Trinajstić information content (AvgIpc) is 2.29. The van der Waals surface area contributed by atoms with Gasteiger partial charge in [0, 0.05) is 0 Å². The Labute approximate surface area is 155 Å². The van der Waals surface area contributed by atoms with Crippen molar-refractivity contribution in [3.05, 3.63) is 0 Å². The van der Waals surface area contributed by atoms with Gasteiger partial charge in [-0.05, 0) is 0 Å². The van der Waals surface area contributed by atoms with Gasteiger partial charge in [0.1, 0.15) is 0 Å². The van der Waals surface area contributed by atoms with Crippen LogP contribution in [0.2, 0.25) is 0 Å². The zero-order valence-corrected chi connectivity index (χ0v) is 20.8. The van der Waals surface area contributed by atoms with Crippen molar-refractivity contribution in [1.29, 1.82) is 0 Å². The first-order chi connectivity index (χ1) is 10.5. The van der Waals surface area contributed by atoms with E-state index in [0.29, 0.717) is 0 Å². The third-order valence-electron chi connectivity index (χ3n) is 2.29. The predicted octanol–water partition coefficient (Wildman–Crippen LogP) is 3.64. The van der Waals surface area contributed by atoms with Gasteiger partial charge in [-0.2, -0.15) is 0 Å². The van der Waals surface area contributed by atoms with E-state index >= 15 is 0 Å². The average molecular weight is 448 g/mol. The Hall–Kier alpha value is 0.820. The number of hydrogen-bond acceptors (Lipinski definition) is 7. The van der Waals surface area contributed by atoms with Crippen LogP contribution >= 0.6 is 0 Å². The molecule has 0 radical (unpaired) electrons. The van der Waals surface area contributed by atoms with Crippen molar-refractivity contribution in [2.45, 2.75) is 79.1 Å². The van der Waals surface area contributed by atoms with E-state index in [-0.39, 0.29) is 0 Å². The maximum atomic E-state index is 6.22. The molecule has 0 saturated carbocycles. The summed E-state index contributed by atoms with van der Waals surface area (Å²) in [7, 11) is 0.799.